The Hall–Kier alpha value is -1.81. The van der Waals surface area contributed by atoms with Crippen molar-refractivity contribution in [1.29, 1.82) is 0 Å². The van der Waals surface area contributed by atoms with Crippen LogP contribution in [0.3, 0.4) is 0 Å². The summed E-state index contributed by atoms with van der Waals surface area (Å²) < 4.78 is 0. The fraction of sp³-hybridized carbons (Fsp3) is 0.526. The van der Waals surface area contributed by atoms with Crippen LogP contribution in [0.4, 0.5) is 0 Å². The summed E-state index contributed by atoms with van der Waals surface area (Å²) in [5.41, 5.74) is 2.75. The summed E-state index contributed by atoms with van der Waals surface area (Å²) in [4.78, 5) is 6.81. The highest BCUT2D eigenvalue weighted by Crippen LogP contribution is 2.19. The molecule has 1 aromatic carbocycles. The molecular weight excluding hydrogens is 284 g/mol. The van der Waals surface area contributed by atoms with Crippen molar-refractivity contribution in [2.45, 2.75) is 32.9 Å². The maximum absolute atomic E-state index is 4.23. The average molecular weight is 314 g/mol. The van der Waals surface area contributed by atoms with Gasteiger partial charge in [-0.3, -0.25) is 9.89 Å². The van der Waals surface area contributed by atoms with E-state index in [9.17, 15) is 0 Å². The Labute approximate surface area is 140 Å². The van der Waals surface area contributed by atoms with Gasteiger partial charge in [-0.2, -0.15) is 0 Å². The molecular formula is C19H30N4. The summed E-state index contributed by atoms with van der Waals surface area (Å²) in [5, 5.41) is 6.59. The predicted octanol–water partition coefficient (Wildman–Crippen LogP) is 2.77. The molecule has 1 aliphatic heterocycles. The normalized spacial score (nSPS) is 19.4. The first-order valence-corrected chi connectivity index (χ1v) is 8.57. The number of benzene rings is 1. The predicted molar refractivity (Wildman–Crippen MR) is 98.5 cm³/mol. The second-order valence-electron chi connectivity index (χ2n) is 6.35. The molecule has 0 spiro atoms. The second-order valence-corrected chi connectivity index (χ2v) is 6.35. The van der Waals surface area contributed by atoms with E-state index in [0.29, 0.717) is 6.54 Å². The van der Waals surface area contributed by atoms with E-state index in [-0.39, 0.29) is 0 Å². The maximum Gasteiger partial charge on any atom is 0.191 e. The number of likely N-dealkylation sites (tertiary alicyclic amines) is 1. The van der Waals surface area contributed by atoms with E-state index in [0.717, 1.165) is 25.0 Å². The number of guanidine groups is 1. The van der Waals surface area contributed by atoms with Crippen LogP contribution < -0.4 is 10.6 Å². The Balaban J connectivity index is 1.95. The van der Waals surface area contributed by atoms with Crippen LogP contribution in [0, 0.1) is 5.92 Å². The quantitative estimate of drug-likeness (QED) is 0.482. The van der Waals surface area contributed by atoms with Crippen LogP contribution in [-0.4, -0.2) is 37.5 Å². The summed E-state index contributed by atoms with van der Waals surface area (Å²) >= 11 is 0. The Morgan fingerprint density at radius 2 is 2.13 bits per heavy atom. The lowest BCUT2D eigenvalue weighted by Crippen LogP contribution is -2.37. The number of piperidine rings is 1. The lowest BCUT2D eigenvalue weighted by atomic mass is 9.99. The van der Waals surface area contributed by atoms with Crippen molar-refractivity contribution >= 4 is 5.96 Å². The van der Waals surface area contributed by atoms with Crippen molar-refractivity contribution in [3.05, 3.63) is 48.0 Å². The first kappa shape index (κ1) is 17.5. The van der Waals surface area contributed by atoms with Crippen LogP contribution in [0.1, 0.15) is 30.9 Å². The number of hydrogen-bond acceptors (Lipinski definition) is 2. The molecule has 1 aromatic rings. The summed E-state index contributed by atoms with van der Waals surface area (Å²) in [6, 6.07) is 8.70. The van der Waals surface area contributed by atoms with Crippen molar-refractivity contribution in [1.82, 2.24) is 15.5 Å². The number of nitrogens with one attached hydrogen (secondary N) is 2. The summed E-state index contributed by atoms with van der Waals surface area (Å²) in [7, 11) is 1.79. The maximum atomic E-state index is 4.23. The van der Waals surface area contributed by atoms with Crippen LogP contribution >= 0.6 is 0 Å². The fourth-order valence-electron chi connectivity index (χ4n) is 3.12. The molecule has 1 heterocycles. The van der Waals surface area contributed by atoms with E-state index < -0.39 is 0 Å². The molecule has 23 heavy (non-hydrogen) atoms. The van der Waals surface area contributed by atoms with Crippen LogP contribution in [0.15, 0.2) is 41.9 Å². The Kier molecular flexibility index (Phi) is 7.14. The molecule has 126 valence electrons. The number of rotatable bonds is 6. The van der Waals surface area contributed by atoms with E-state index in [4.69, 9.17) is 0 Å². The van der Waals surface area contributed by atoms with Crippen molar-refractivity contribution in [2.75, 3.05) is 26.7 Å². The molecule has 4 heteroatoms. The molecule has 2 rings (SSSR count). The van der Waals surface area contributed by atoms with Gasteiger partial charge in [0.25, 0.3) is 0 Å². The Morgan fingerprint density at radius 1 is 1.35 bits per heavy atom. The zero-order valence-corrected chi connectivity index (χ0v) is 14.5. The molecule has 0 bridgehead atoms. The van der Waals surface area contributed by atoms with Gasteiger partial charge in [-0.25, -0.2) is 0 Å². The van der Waals surface area contributed by atoms with Gasteiger partial charge in [0.15, 0.2) is 5.96 Å². The van der Waals surface area contributed by atoms with Crippen molar-refractivity contribution in [3.8, 4) is 0 Å². The standard InChI is InChI=1S/C19H30N4/c1-4-11-21-19(20-3)22-13-17-9-5-6-10-18(17)15-23-12-7-8-16(2)14-23/h4-6,9-10,16H,1,7-8,11-15H2,2-3H3,(H2,20,21,22). The molecule has 1 fully saturated rings. The van der Waals surface area contributed by atoms with E-state index in [1.165, 1.54) is 37.1 Å². The SMILES string of the molecule is C=CCNC(=NC)NCc1ccccc1CN1CCCC(C)C1. The minimum Gasteiger partial charge on any atom is -0.353 e. The number of nitrogens with zero attached hydrogens (tertiary/aromatic N) is 2. The smallest absolute Gasteiger partial charge is 0.191 e. The molecule has 0 amide bonds. The highest BCUT2D eigenvalue weighted by molar-refractivity contribution is 5.79. The van der Waals surface area contributed by atoms with Gasteiger partial charge in [-0.1, -0.05) is 37.3 Å². The van der Waals surface area contributed by atoms with Crippen LogP contribution in [0.5, 0.6) is 0 Å². The van der Waals surface area contributed by atoms with Gasteiger partial charge < -0.3 is 10.6 Å². The zero-order valence-electron chi connectivity index (χ0n) is 14.5. The van der Waals surface area contributed by atoms with Crippen LogP contribution in [0.2, 0.25) is 0 Å². The van der Waals surface area contributed by atoms with E-state index in [1.807, 2.05) is 6.08 Å². The minimum absolute atomic E-state index is 0.715. The summed E-state index contributed by atoms with van der Waals surface area (Å²) in [6.07, 6.45) is 4.52. The van der Waals surface area contributed by atoms with Gasteiger partial charge in [0, 0.05) is 33.2 Å². The first-order valence-electron chi connectivity index (χ1n) is 8.57. The second kappa shape index (κ2) is 9.36. The molecule has 1 aliphatic rings. The third-order valence-corrected chi connectivity index (χ3v) is 4.34. The van der Waals surface area contributed by atoms with E-state index in [2.05, 4.69) is 58.3 Å². The fourth-order valence-corrected chi connectivity index (χ4v) is 3.12. The zero-order chi connectivity index (χ0) is 16.5. The summed E-state index contributed by atoms with van der Waals surface area (Å²) in [5.74, 6) is 1.63. The topological polar surface area (TPSA) is 39.7 Å². The molecule has 0 saturated carbocycles. The summed E-state index contributed by atoms with van der Waals surface area (Å²) in [6.45, 7) is 11.1. The molecule has 0 radical (unpaired) electrons. The van der Waals surface area contributed by atoms with E-state index in [1.54, 1.807) is 7.05 Å². The van der Waals surface area contributed by atoms with E-state index >= 15 is 0 Å². The number of hydrogen-bond donors (Lipinski definition) is 2. The molecule has 4 nitrogen and oxygen atoms in total. The molecule has 2 N–H and O–H groups in total. The van der Waals surface area contributed by atoms with Crippen molar-refractivity contribution < 1.29 is 0 Å². The van der Waals surface area contributed by atoms with Crippen molar-refractivity contribution in [2.24, 2.45) is 10.9 Å². The third-order valence-electron chi connectivity index (χ3n) is 4.34. The van der Waals surface area contributed by atoms with Gasteiger partial charge in [0.1, 0.15) is 0 Å². The molecule has 1 saturated heterocycles. The Bertz CT molecular complexity index is 524. The highest BCUT2D eigenvalue weighted by Gasteiger charge is 2.17. The first-order chi connectivity index (χ1) is 11.2. The Morgan fingerprint density at radius 3 is 2.83 bits per heavy atom. The molecule has 1 atom stereocenters. The van der Waals surface area contributed by atoms with Gasteiger partial charge in [0.05, 0.1) is 0 Å². The van der Waals surface area contributed by atoms with Gasteiger partial charge in [-0.05, 0) is 36.4 Å². The number of aliphatic imine (C=N–C) groups is 1. The monoisotopic (exact) mass is 314 g/mol. The molecule has 0 aliphatic carbocycles. The van der Waals surface area contributed by atoms with Gasteiger partial charge in [0.2, 0.25) is 0 Å². The molecule has 0 aromatic heterocycles. The van der Waals surface area contributed by atoms with Crippen molar-refractivity contribution in [3.63, 3.8) is 0 Å². The van der Waals surface area contributed by atoms with Crippen LogP contribution in [-0.2, 0) is 13.1 Å². The third kappa shape index (κ3) is 5.71. The van der Waals surface area contributed by atoms with Gasteiger partial charge >= 0.3 is 0 Å². The lowest BCUT2D eigenvalue weighted by molar-refractivity contribution is 0.176. The van der Waals surface area contributed by atoms with Crippen LogP contribution in [0.25, 0.3) is 0 Å². The average Bonchev–Trinajstić information content (AvgIpc) is 2.56. The minimum atomic E-state index is 0.715. The van der Waals surface area contributed by atoms with Gasteiger partial charge in [-0.15, -0.1) is 6.58 Å². The molecule has 1 unspecified atom stereocenters. The lowest BCUT2D eigenvalue weighted by Gasteiger charge is -2.31. The highest BCUT2D eigenvalue weighted by atomic mass is 15.2. The largest absolute Gasteiger partial charge is 0.353 e.